The first-order chi connectivity index (χ1) is 17.3. The highest BCUT2D eigenvalue weighted by Gasteiger charge is 2.27. The molecular formula is C26H33N3O7. The van der Waals surface area contributed by atoms with Crippen molar-refractivity contribution in [3.63, 3.8) is 0 Å². The fourth-order valence-corrected chi connectivity index (χ4v) is 4.01. The summed E-state index contributed by atoms with van der Waals surface area (Å²) in [5.41, 5.74) is 1.40. The Hall–Kier alpha value is -3.95. The number of rotatable bonds is 12. The van der Waals surface area contributed by atoms with Gasteiger partial charge in [-0.25, -0.2) is 4.79 Å². The van der Waals surface area contributed by atoms with Gasteiger partial charge in [0.1, 0.15) is 11.8 Å². The number of amides is 3. The van der Waals surface area contributed by atoms with Crippen molar-refractivity contribution in [3.8, 4) is 17.2 Å². The molecule has 3 rings (SSSR count). The molecule has 0 saturated heterocycles. The maximum atomic E-state index is 13.3. The van der Waals surface area contributed by atoms with Crippen LogP contribution in [0.3, 0.4) is 0 Å². The summed E-state index contributed by atoms with van der Waals surface area (Å²) in [5, 5.41) is 14.9. The number of hydrogen-bond donors (Lipinski definition) is 3. The minimum Gasteiger partial charge on any atom is -0.496 e. The van der Waals surface area contributed by atoms with Crippen molar-refractivity contribution in [2.45, 2.75) is 51.2 Å². The summed E-state index contributed by atoms with van der Waals surface area (Å²) < 4.78 is 16.1. The lowest BCUT2D eigenvalue weighted by atomic mass is 10.0. The molecule has 0 aliphatic carbocycles. The van der Waals surface area contributed by atoms with Gasteiger partial charge in [0, 0.05) is 19.2 Å². The monoisotopic (exact) mass is 499 g/mol. The lowest BCUT2D eigenvalue weighted by Gasteiger charge is -2.26. The number of nitrogens with zero attached hydrogens (tertiary/aromatic N) is 1. The van der Waals surface area contributed by atoms with Crippen LogP contribution in [-0.2, 0) is 16.1 Å². The Kier molecular flexibility index (Phi) is 9.38. The molecule has 3 N–H and O–H groups in total. The van der Waals surface area contributed by atoms with Crippen molar-refractivity contribution in [1.82, 2.24) is 15.5 Å². The summed E-state index contributed by atoms with van der Waals surface area (Å²) in [5.74, 6) is 0.392. The van der Waals surface area contributed by atoms with Gasteiger partial charge in [0.25, 0.3) is 0 Å². The number of unbranched alkanes of at least 4 members (excludes halogenated alkanes) is 1. The van der Waals surface area contributed by atoms with E-state index >= 15 is 0 Å². The smallest absolute Gasteiger partial charge is 0.315 e. The molecule has 10 nitrogen and oxygen atoms in total. The molecule has 0 unspecified atom stereocenters. The summed E-state index contributed by atoms with van der Waals surface area (Å²) in [6.45, 7) is 2.40. The highest BCUT2D eigenvalue weighted by Crippen LogP contribution is 2.34. The SMILES string of the molecule is CCCC[C@H](NC(=O)N[C@@H](CC(=O)O)c1ccc2c(c1)OCO2)C(=O)N(C)Cc1ccccc1OC. The van der Waals surface area contributed by atoms with Crippen molar-refractivity contribution in [2.24, 2.45) is 0 Å². The van der Waals surface area contributed by atoms with E-state index in [0.717, 1.165) is 18.4 Å². The Morgan fingerprint density at radius 3 is 2.58 bits per heavy atom. The zero-order valence-electron chi connectivity index (χ0n) is 20.8. The molecule has 3 amide bonds. The van der Waals surface area contributed by atoms with Crippen LogP contribution in [-0.4, -0.2) is 54.9 Å². The van der Waals surface area contributed by atoms with Crippen molar-refractivity contribution in [3.05, 3.63) is 53.6 Å². The zero-order chi connectivity index (χ0) is 26.1. The van der Waals surface area contributed by atoms with Crippen LogP contribution in [0.15, 0.2) is 42.5 Å². The van der Waals surface area contributed by atoms with Gasteiger partial charge in [-0.3, -0.25) is 9.59 Å². The van der Waals surface area contributed by atoms with Gasteiger partial charge in [-0.05, 0) is 30.2 Å². The maximum absolute atomic E-state index is 13.3. The van der Waals surface area contributed by atoms with Crippen LogP contribution < -0.4 is 24.8 Å². The van der Waals surface area contributed by atoms with Gasteiger partial charge in [-0.15, -0.1) is 0 Å². The molecule has 194 valence electrons. The first kappa shape index (κ1) is 26.7. The molecule has 0 fully saturated rings. The summed E-state index contributed by atoms with van der Waals surface area (Å²) in [6.07, 6.45) is 1.70. The average Bonchev–Trinajstić information content (AvgIpc) is 3.33. The fraction of sp³-hybridized carbons (Fsp3) is 0.423. The summed E-state index contributed by atoms with van der Waals surface area (Å²) in [6, 6.07) is 10.2. The standard InChI is InChI=1S/C26H33N3O7/c1-4-5-9-19(25(32)29(2)15-18-8-6-7-10-21(18)34-3)27-26(33)28-20(14-24(30)31)17-11-12-22-23(13-17)36-16-35-22/h6-8,10-13,19-20H,4-5,9,14-16H2,1-3H3,(H,30,31)(H2,27,28,33)/t19-,20-/m0/s1. The number of methoxy groups -OCH3 is 1. The Bertz CT molecular complexity index is 1080. The molecule has 2 atom stereocenters. The van der Waals surface area contributed by atoms with Crippen LogP contribution in [0, 0.1) is 0 Å². The number of carboxylic acid groups (broad SMARTS) is 1. The average molecular weight is 500 g/mol. The lowest BCUT2D eigenvalue weighted by Crippen LogP contribution is -2.51. The van der Waals surface area contributed by atoms with Gasteiger partial charge in [0.05, 0.1) is 19.6 Å². The highest BCUT2D eigenvalue weighted by atomic mass is 16.7. The van der Waals surface area contributed by atoms with E-state index in [-0.39, 0.29) is 19.1 Å². The predicted octanol–water partition coefficient (Wildman–Crippen LogP) is 3.46. The number of fused-ring (bicyclic) bond motifs is 1. The normalized spacial score (nSPS) is 13.4. The Labute approximate surface area is 210 Å². The fourth-order valence-electron chi connectivity index (χ4n) is 4.01. The Morgan fingerprint density at radius 2 is 1.86 bits per heavy atom. The number of hydrogen-bond acceptors (Lipinski definition) is 6. The van der Waals surface area contributed by atoms with E-state index in [4.69, 9.17) is 14.2 Å². The van der Waals surface area contributed by atoms with E-state index in [1.54, 1.807) is 37.3 Å². The minimum absolute atomic E-state index is 0.0832. The van der Waals surface area contributed by atoms with Crippen molar-refractivity contribution < 1.29 is 33.7 Å². The number of urea groups is 1. The number of nitrogens with one attached hydrogen (secondary N) is 2. The van der Waals surface area contributed by atoms with Gasteiger partial charge in [0.2, 0.25) is 12.7 Å². The lowest BCUT2D eigenvalue weighted by molar-refractivity contribution is -0.137. The molecule has 0 radical (unpaired) electrons. The van der Waals surface area contributed by atoms with Crippen LogP contribution in [0.4, 0.5) is 4.79 Å². The number of carbonyl (C=O) groups excluding carboxylic acids is 2. The van der Waals surface area contributed by atoms with E-state index < -0.39 is 24.1 Å². The van der Waals surface area contributed by atoms with Gasteiger partial charge < -0.3 is 34.9 Å². The minimum atomic E-state index is -1.08. The second-order valence-electron chi connectivity index (χ2n) is 8.58. The first-order valence-corrected chi connectivity index (χ1v) is 11.9. The van der Waals surface area contributed by atoms with E-state index in [1.165, 1.54) is 0 Å². The topological polar surface area (TPSA) is 126 Å². The van der Waals surface area contributed by atoms with Crippen molar-refractivity contribution >= 4 is 17.9 Å². The molecular weight excluding hydrogens is 466 g/mol. The molecule has 1 aliphatic rings. The van der Waals surface area contributed by atoms with Gasteiger partial charge in [0.15, 0.2) is 11.5 Å². The van der Waals surface area contributed by atoms with E-state index in [9.17, 15) is 19.5 Å². The Balaban J connectivity index is 1.70. The molecule has 2 aromatic carbocycles. The third-order valence-electron chi connectivity index (χ3n) is 5.91. The van der Waals surface area contributed by atoms with Crippen LogP contribution in [0.2, 0.25) is 0 Å². The third kappa shape index (κ3) is 7.03. The molecule has 1 aliphatic heterocycles. The van der Waals surface area contributed by atoms with Crippen molar-refractivity contribution in [1.29, 1.82) is 0 Å². The quantitative estimate of drug-likeness (QED) is 0.408. The molecule has 0 saturated carbocycles. The number of carbonyl (C=O) groups is 3. The largest absolute Gasteiger partial charge is 0.496 e. The summed E-state index contributed by atoms with van der Waals surface area (Å²) in [7, 11) is 3.25. The molecule has 2 aromatic rings. The second kappa shape index (κ2) is 12.7. The highest BCUT2D eigenvalue weighted by molar-refractivity contribution is 5.87. The van der Waals surface area contributed by atoms with Crippen LogP contribution >= 0.6 is 0 Å². The van der Waals surface area contributed by atoms with Gasteiger partial charge in [-0.2, -0.15) is 0 Å². The Morgan fingerprint density at radius 1 is 1.11 bits per heavy atom. The number of ether oxygens (including phenoxy) is 3. The molecule has 36 heavy (non-hydrogen) atoms. The second-order valence-corrected chi connectivity index (χ2v) is 8.58. The van der Waals surface area contributed by atoms with Crippen LogP contribution in [0.5, 0.6) is 17.2 Å². The third-order valence-corrected chi connectivity index (χ3v) is 5.91. The molecule has 0 spiro atoms. The molecule has 1 heterocycles. The molecule has 10 heteroatoms. The molecule has 0 aromatic heterocycles. The number of aliphatic carboxylic acids is 1. The summed E-state index contributed by atoms with van der Waals surface area (Å²) in [4.78, 5) is 39.2. The zero-order valence-corrected chi connectivity index (χ0v) is 20.8. The van der Waals surface area contributed by atoms with E-state index in [2.05, 4.69) is 10.6 Å². The number of benzene rings is 2. The molecule has 0 bridgehead atoms. The van der Waals surface area contributed by atoms with Gasteiger partial charge in [-0.1, -0.05) is 44.0 Å². The van der Waals surface area contributed by atoms with Crippen LogP contribution in [0.1, 0.15) is 49.8 Å². The number of para-hydroxylation sites is 1. The van der Waals surface area contributed by atoms with Gasteiger partial charge >= 0.3 is 12.0 Å². The first-order valence-electron chi connectivity index (χ1n) is 11.9. The van der Waals surface area contributed by atoms with E-state index in [0.29, 0.717) is 35.8 Å². The summed E-state index contributed by atoms with van der Waals surface area (Å²) >= 11 is 0. The predicted molar refractivity (Wildman–Crippen MR) is 132 cm³/mol. The van der Waals surface area contributed by atoms with Crippen LogP contribution in [0.25, 0.3) is 0 Å². The van der Waals surface area contributed by atoms with Crippen molar-refractivity contribution in [2.75, 3.05) is 21.0 Å². The maximum Gasteiger partial charge on any atom is 0.315 e. The van der Waals surface area contributed by atoms with E-state index in [1.807, 2.05) is 31.2 Å². The number of carboxylic acids is 1. The number of likely N-dealkylation sites (N-methyl/N-ethyl adjacent to an activating group) is 1.